The fourth-order valence-electron chi connectivity index (χ4n) is 2.91. The first-order valence-corrected chi connectivity index (χ1v) is 7.29. The van der Waals surface area contributed by atoms with E-state index in [1.54, 1.807) is 0 Å². The lowest BCUT2D eigenvalue weighted by molar-refractivity contribution is -0.150. The van der Waals surface area contributed by atoms with Crippen molar-refractivity contribution in [1.82, 2.24) is 10.6 Å². The molecule has 0 aliphatic heterocycles. The molecule has 0 aromatic carbocycles. The van der Waals surface area contributed by atoms with Crippen LogP contribution >= 0.6 is 0 Å². The van der Waals surface area contributed by atoms with Crippen LogP contribution in [0.4, 0.5) is 4.79 Å². The van der Waals surface area contributed by atoms with E-state index in [9.17, 15) is 14.7 Å². The van der Waals surface area contributed by atoms with Crippen molar-refractivity contribution in [3.8, 4) is 0 Å². The highest BCUT2D eigenvalue weighted by molar-refractivity contribution is 5.78. The minimum Gasteiger partial charge on any atom is -0.481 e. The largest absolute Gasteiger partial charge is 0.481 e. The molecular formula is C14H24N2O3. The highest BCUT2D eigenvalue weighted by atomic mass is 16.4. The highest BCUT2D eigenvalue weighted by Crippen LogP contribution is 2.37. The van der Waals surface area contributed by atoms with E-state index in [1.807, 2.05) is 0 Å². The quantitative estimate of drug-likeness (QED) is 0.713. The van der Waals surface area contributed by atoms with Gasteiger partial charge in [-0.1, -0.05) is 26.2 Å². The molecule has 2 aliphatic carbocycles. The van der Waals surface area contributed by atoms with Crippen LogP contribution in [0.1, 0.15) is 45.4 Å². The summed E-state index contributed by atoms with van der Waals surface area (Å²) in [5.74, 6) is 0.543. The van der Waals surface area contributed by atoms with Crippen LogP contribution < -0.4 is 10.6 Å². The summed E-state index contributed by atoms with van der Waals surface area (Å²) in [6, 6.07) is -0.231. The summed E-state index contributed by atoms with van der Waals surface area (Å²) in [5, 5.41) is 15.0. The minimum atomic E-state index is -0.775. The molecule has 2 unspecified atom stereocenters. The Hall–Kier alpha value is -1.26. The molecule has 2 aliphatic rings. The van der Waals surface area contributed by atoms with Crippen LogP contribution in [0.3, 0.4) is 0 Å². The second kappa shape index (κ2) is 5.80. The molecule has 0 aromatic heterocycles. The van der Waals surface area contributed by atoms with Crippen LogP contribution in [0, 0.1) is 17.3 Å². The molecule has 2 fully saturated rings. The van der Waals surface area contributed by atoms with Crippen LogP contribution in [0.5, 0.6) is 0 Å². The third-order valence-corrected chi connectivity index (χ3v) is 4.65. The van der Waals surface area contributed by atoms with Crippen molar-refractivity contribution in [2.45, 2.75) is 45.4 Å². The number of amides is 2. The number of carbonyl (C=O) groups is 2. The van der Waals surface area contributed by atoms with Gasteiger partial charge in [-0.05, 0) is 31.1 Å². The first-order valence-electron chi connectivity index (χ1n) is 7.29. The van der Waals surface area contributed by atoms with Gasteiger partial charge in [0.2, 0.25) is 0 Å². The zero-order chi connectivity index (χ0) is 13.9. The number of rotatable bonds is 5. The molecule has 0 aromatic rings. The summed E-state index contributed by atoms with van der Waals surface area (Å²) >= 11 is 0. The van der Waals surface area contributed by atoms with Gasteiger partial charge < -0.3 is 15.7 Å². The van der Waals surface area contributed by atoms with E-state index in [0.29, 0.717) is 31.2 Å². The van der Waals surface area contributed by atoms with Gasteiger partial charge in [0.25, 0.3) is 0 Å². The van der Waals surface area contributed by atoms with Crippen molar-refractivity contribution in [3.63, 3.8) is 0 Å². The van der Waals surface area contributed by atoms with Gasteiger partial charge >= 0.3 is 12.0 Å². The lowest BCUT2D eigenvalue weighted by Crippen LogP contribution is -2.47. The van der Waals surface area contributed by atoms with Crippen LogP contribution in [0.2, 0.25) is 0 Å². The molecule has 5 heteroatoms. The fraction of sp³-hybridized carbons (Fsp3) is 0.857. The third-order valence-electron chi connectivity index (χ3n) is 4.65. The van der Waals surface area contributed by atoms with Crippen molar-refractivity contribution in [2.24, 2.45) is 17.3 Å². The maximum absolute atomic E-state index is 11.7. The molecular weight excluding hydrogens is 244 g/mol. The second-order valence-electron chi connectivity index (χ2n) is 6.18. The van der Waals surface area contributed by atoms with E-state index in [2.05, 4.69) is 17.6 Å². The van der Waals surface area contributed by atoms with E-state index in [4.69, 9.17) is 0 Å². The van der Waals surface area contributed by atoms with Crippen molar-refractivity contribution < 1.29 is 14.7 Å². The zero-order valence-electron chi connectivity index (χ0n) is 11.6. The average Bonchev–Trinajstić information content (AvgIpc) is 3.11. The Balaban J connectivity index is 1.75. The van der Waals surface area contributed by atoms with Crippen LogP contribution in [-0.4, -0.2) is 30.2 Å². The molecule has 2 rings (SSSR count). The Morgan fingerprint density at radius 2 is 1.84 bits per heavy atom. The van der Waals surface area contributed by atoms with Crippen molar-refractivity contribution in [1.29, 1.82) is 0 Å². The van der Waals surface area contributed by atoms with Gasteiger partial charge in [-0.25, -0.2) is 4.79 Å². The molecule has 3 N–H and O–H groups in total. The molecule has 0 radical (unpaired) electrons. The maximum Gasteiger partial charge on any atom is 0.314 e. The first kappa shape index (κ1) is 14.2. The summed E-state index contributed by atoms with van der Waals surface area (Å²) in [4.78, 5) is 23.1. The summed E-state index contributed by atoms with van der Waals surface area (Å²) in [5.41, 5.74) is -0.748. The van der Waals surface area contributed by atoms with Crippen molar-refractivity contribution in [3.05, 3.63) is 0 Å². The number of nitrogens with one attached hydrogen (secondary N) is 2. The Kier molecular flexibility index (Phi) is 4.32. The maximum atomic E-state index is 11.7. The number of hydrogen-bond acceptors (Lipinski definition) is 2. The smallest absolute Gasteiger partial charge is 0.314 e. The highest BCUT2D eigenvalue weighted by Gasteiger charge is 2.40. The SMILES string of the molecule is CC1CC1CNC(=O)NCC1(C(=O)O)CCCCC1. The van der Waals surface area contributed by atoms with Gasteiger partial charge in [-0.2, -0.15) is 0 Å². The number of hydrogen-bond donors (Lipinski definition) is 3. The second-order valence-corrected chi connectivity index (χ2v) is 6.18. The molecule has 0 saturated heterocycles. The standard InChI is InChI=1S/C14H24N2O3/c1-10-7-11(10)8-15-13(19)16-9-14(12(17)18)5-3-2-4-6-14/h10-11H,2-9H2,1H3,(H,17,18)(H2,15,16,19). The molecule has 0 bridgehead atoms. The average molecular weight is 268 g/mol. The fourth-order valence-corrected chi connectivity index (χ4v) is 2.91. The number of aliphatic carboxylic acids is 1. The molecule has 2 saturated carbocycles. The van der Waals surface area contributed by atoms with E-state index in [-0.39, 0.29) is 12.6 Å². The van der Waals surface area contributed by atoms with Crippen molar-refractivity contribution in [2.75, 3.05) is 13.1 Å². The van der Waals surface area contributed by atoms with E-state index < -0.39 is 11.4 Å². The Labute approximate surface area is 114 Å². The van der Waals surface area contributed by atoms with Gasteiger partial charge in [0.05, 0.1) is 5.41 Å². The monoisotopic (exact) mass is 268 g/mol. The third kappa shape index (κ3) is 3.61. The predicted molar refractivity (Wildman–Crippen MR) is 71.8 cm³/mol. The summed E-state index contributed by atoms with van der Waals surface area (Å²) < 4.78 is 0. The number of urea groups is 1. The minimum absolute atomic E-state index is 0.231. The normalized spacial score (nSPS) is 28.5. The molecule has 108 valence electrons. The Bertz CT molecular complexity index is 351. The molecule has 0 heterocycles. The van der Waals surface area contributed by atoms with Crippen LogP contribution in [0.25, 0.3) is 0 Å². The van der Waals surface area contributed by atoms with Gasteiger partial charge in [0.15, 0.2) is 0 Å². The Morgan fingerprint density at radius 1 is 1.21 bits per heavy atom. The lowest BCUT2D eigenvalue weighted by Gasteiger charge is -2.33. The van der Waals surface area contributed by atoms with E-state index >= 15 is 0 Å². The summed E-state index contributed by atoms with van der Waals surface area (Å²) in [6.45, 7) is 3.12. The predicted octanol–water partition coefficient (Wildman–Crippen LogP) is 1.98. The molecule has 0 spiro atoms. The molecule has 2 atom stereocenters. The van der Waals surface area contributed by atoms with Crippen LogP contribution in [-0.2, 0) is 4.79 Å². The van der Waals surface area contributed by atoms with Gasteiger partial charge in [-0.3, -0.25) is 4.79 Å². The van der Waals surface area contributed by atoms with E-state index in [1.165, 1.54) is 6.42 Å². The Morgan fingerprint density at radius 3 is 2.37 bits per heavy atom. The van der Waals surface area contributed by atoms with Gasteiger partial charge in [0.1, 0.15) is 0 Å². The van der Waals surface area contributed by atoms with Crippen molar-refractivity contribution >= 4 is 12.0 Å². The van der Waals surface area contributed by atoms with E-state index in [0.717, 1.165) is 19.3 Å². The first-order chi connectivity index (χ1) is 9.03. The van der Waals surface area contributed by atoms with Gasteiger partial charge in [-0.15, -0.1) is 0 Å². The molecule has 19 heavy (non-hydrogen) atoms. The topological polar surface area (TPSA) is 78.4 Å². The summed E-state index contributed by atoms with van der Waals surface area (Å²) in [7, 11) is 0. The zero-order valence-corrected chi connectivity index (χ0v) is 11.6. The lowest BCUT2D eigenvalue weighted by atomic mass is 9.74. The molecule has 5 nitrogen and oxygen atoms in total. The number of carboxylic acid groups (broad SMARTS) is 1. The van der Waals surface area contributed by atoms with Crippen LogP contribution in [0.15, 0.2) is 0 Å². The summed E-state index contributed by atoms with van der Waals surface area (Å²) in [6.07, 6.45) is 5.50. The number of carboxylic acids is 1. The van der Waals surface area contributed by atoms with Gasteiger partial charge in [0, 0.05) is 13.1 Å². The molecule has 2 amide bonds. The number of carbonyl (C=O) groups excluding carboxylic acids is 1.